The molecule has 1 saturated heterocycles. The predicted molar refractivity (Wildman–Crippen MR) is 76.5 cm³/mol. The van der Waals surface area contributed by atoms with Crippen molar-refractivity contribution >= 4 is 0 Å². The van der Waals surface area contributed by atoms with Gasteiger partial charge in [-0.25, -0.2) is 0 Å². The van der Waals surface area contributed by atoms with Gasteiger partial charge in [-0.05, 0) is 45.2 Å². The van der Waals surface area contributed by atoms with Crippen molar-refractivity contribution in [3.63, 3.8) is 0 Å². The Hall–Kier alpha value is -0.0800. The van der Waals surface area contributed by atoms with Crippen molar-refractivity contribution in [3.05, 3.63) is 0 Å². The minimum atomic E-state index is 0.761. The third-order valence-electron chi connectivity index (χ3n) is 4.01. The summed E-state index contributed by atoms with van der Waals surface area (Å²) in [5.41, 5.74) is 0. The first-order valence-electron chi connectivity index (χ1n) is 7.79. The van der Waals surface area contributed by atoms with E-state index in [1.165, 1.54) is 64.6 Å². The molecular weight excluding hydrogens is 208 g/mol. The Morgan fingerprint density at radius 2 is 2.06 bits per heavy atom. The smallest absolute Gasteiger partial charge is 0.0195 e. The molecule has 1 fully saturated rings. The average Bonchev–Trinajstić information content (AvgIpc) is 2.83. The largest absolute Gasteiger partial charge is 0.313 e. The molecule has 0 aliphatic carbocycles. The van der Waals surface area contributed by atoms with E-state index < -0.39 is 0 Å². The van der Waals surface area contributed by atoms with Crippen molar-refractivity contribution in [2.75, 3.05) is 19.6 Å². The van der Waals surface area contributed by atoms with Gasteiger partial charge in [0.1, 0.15) is 0 Å². The SMILES string of the molecule is CCCCC(CC)N(CCC)CC1CCCN1. The van der Waals surface area contributed by atoms with E-state index >= 15 is 0 Å². The normalized spacial score (nSPS) is 22.2. The minimum absolute atomic E-state index is 0.761. The number of hydrogen-bond acceptors (Lipinski definition) is 2. The Kier molecular flexibility index (Phi) is 7.87. The molecule has 0 spiro atoms. The lowest BCUT2D eigenvalue weighted by molar-refractivity contribution is 0.164. The lowest BCUT2D eigenvalue weighted by Gasteiger charge is -2.33. The minimum Gasteiger partial charge on any atom is -0.313 e. The van der Waals surface area contributed by atoms with Crippen LogP contribution in [0.1, 0.15) is 65.7 Å². The fraction of sp³-hybridized carbons (Fsp3) is 1.00. The Morgan fingerprint density at radius 3 is 2.59 bits per heavy atom. The highest BCUT2D eigenvalue weighted by atomic mass is 15.2. The maximum Gasteiger partial charge on any atom is 0.0195 e. The molecule has 1 N–H and O–H groups in total. The van der Waals surface area contributed by atoms with Crippen LogP contribution in [0.2, 0.25) is 0 Å². The van der Waals surface area contributed by atoms with Crippen LogP contribution in [0.25, 0.3) is 0 Å². The molecule has 0 aromatic rings. The van der Waals surface area contributed by atoms with Crippen molar-refractivity contribution in [1.29, 1.82) is 0 Å². The second-order valence-corrected chi connectivity index (χ2v) is 5.49. The number of nitrogens with one attached hydrogen (secondary N) is 1. The molecule has 102 valence electrons. The zero-order chi connectivity index (χ0) is 12.5. The van der Waals surface area contributed by atoms with Gasteiger partial charge in [0.15, 0.2) is 0 Å². The number of hydrogen-bond donors (Lipinski definition) is 1. The van der Waals surface area contributed by atoms with Crippen LogP contribution in [-0.2, 0) is 0 Å². The second kappa shape index (κ2) is 8.93. The Bertz CT molecular complexity index is 176. The summed E-state index contributed by atoms with van der Waals surface area (Å²) < 4.78 is 0. The molecule has 0 amide bonds. The first kappa shape index (κ1) is 15.0. The van der Waals surface area contributed by atoms with E-state index in [0.29, 0.717) is 0 Å². The molecule has 2 heteroatoms. The van der Waals surface area contributed by atoms with E-state index in [9.17, 15) is 0 Å². The lowest BCUT2D eigenvalue weighted by atomic mass is 10.0. The van der Waals surface area contributed by atoms with Crippen molar-refractivity contribution < 1.29 is 0 Å². The van der Waals surface area contributed by atoms with Crippen molar-refractivity contribution in [2.45, 2.75) is 77.8 Å². The average molecular weight is 240 g/mol. The van der Waals surface area contributed by atoms with Gasteiger partial charge in [0.25, 0.3) is 0 Å². The molecule has 17 heavy (non-hydrogen) atoms. The van der Waals surface area contributed by atoms with Gasteiger partial charge in [-0.3, -0.25) is 4.90 Å². The zero-order valence-corrected chi connectivity index (χ0v) is 12.2. The van der Waals surface area contributed by atoms with Crippen molar-refractivity contribution in [2.24, 2.45) is 0 Å². The first-order chi connectivity index (χ1) is 8.31. The molecule has 1 aliphatic rings. The molecule has 1 heterocycles. The van der Waals surface area contributed by atoms with Gasteiger partial charge < -0.3 is 5.32 Å². The summed E-state index contributed by atoms with van der Waals surface area (Å²) in [4.78, 5) is 2.75. The highest BCUT2D eigenvalue weighted by Gasteiger charge is 2.21. The van der Waals surface area contributed by atoms with Crippen molar-refractivity contribution in [3.8, 4) is 0 Å². The summed E-state index contributed by atoms with van der Waals surface area (Å²) >= 11 is 0. The molecule has 1 aliphatic heterocycles. The first-order valence-corrected chi connectivity index (χ1v) is 7.79. The number of nitrogens with zero attached hydrogens (tertiary/aromatic N) is 1. The third-order valence-corrected chi connectivity index (χ3v) is 4.01. The van der Waals surface area contributed by atoms with E-state index in [-0.39, 0.29) is 0 Å². The van der Waals surface area contributed by atoms with E-state index in [1.54, 1.807) is 0 Å². The van der Waals surface area contributed by atoms with Gasteiger partial charge in [0, 0.05) is 18.6 Å². The Morgan fingerprint density at radius 1 is 1.24 bits per heavy atom. The molecule has 0 bridgehead atoms. The van der Waals surface area contributed by atoms with Gasteiger partial charge >= 0.3 is 0 Å². The molecular formula is C15H32N2. The van der Waals surface area contributed by atoms with E-state index in [0.717, 1.165) is 12.1 Å². The molecule has 0 saturated carbocycles. The van der Waals surface area contributed by atoms with Gasteiger partial charge in [0.2, 0.25) is 0 Å². The van der Waals surface area contributed by atoms with Crippen molar-refractivity contribution in [1.82, 2.24) is 10.2 Å². The second-order valence-electron chi connectivity index (χ2n) is 5.49. The molecule has 0 aromatic heterocycles. The van der Waals surface area contributed by atoms with Gasteiger partial charge in [-0.1, -0.05) is 33.6 Å². The summed E-state index contributed by atoms with van der Waals surface area (Å²) in [6.07, 6.45) is 9.46. The summed E-state index contributed by atoms with van der Waals surface area (Å²) in [5, 5.41) is 3.64. The van der Waals surface area contributed by atoms with Crippen LogP contribution < -0.4 is 5.32 Å². The van der Waals surface area contributed by atoms with Crippen LogP contribution in [0.4, 0.5) is 0 Å². The number of unbranched alkanes of at least 4 members (excludes halogenated alkanes) is 1. The standard InChI is InChI=1S/C15H32N2/c1-4-7-10-15(6-3)17(12-5-2)13-14-9-8-11-16-14/h14-16H,4-13H2,1-3H3. The van der Waals surface area contributed by atoms with Crippen LogP contribution in [0.15, 0.2) is 0 Å². The zero-order valence-electron chi connectivity index (χ0n) is 12.2. The van der Waals surface area contributed by atoms with Crippen LogP contribution in [0, 0.1) is 0 Å². The summed E-state index contributed by atoms with van der Waals surface area (Å²) in [7, 11) is 0. The third kappa shape index (κ3) is 5.39. The van der Waals surface area contributed by atoms with Gasteiger partial charge in [0.05, 0.1) is 0 Å². The fourth-order valence-corrected chi connectivity index (χ4v) is 2.99. The Labute approximate surface area is 108 Å². The maximum atomic E-state index is 3.64. The molecule has 1 rings (SSSR count). The van der Waals surface area contributed by atoms with Crippen LogP contribution in [-0.4, -0.2) is 36.6 Å². The van der Waals surface area contributed by atoms with Crippen LogP contribution in [0.5, 0.6) is 0 Å². The monoisotopic (exact) mass is 240 g/mol. The van der Waals surface area contributed by atoms with Crippen LogP contribution in [0.3, 0.4) is 0 Å². The topological polar surface area (TPSA) is 15.3 Å². The predicted octanol–water partition coefficient (Wildman–Crippen LogP) is 3.42. The molecule has 2 nitrogen and oxygen atoms in total. The highest BCUT2D eigenvalue weighted by molar-refractivity contribution is 4.81. The number of rotatable bonds is 9. The summed E-state index contributed by atoms with van der Waals surface area (Å²) in [6.45, 7) is 10.7. The quantitative estimate of drug-likeness (QED) is 0.664. The molecule has 0 aromatic carbocycles. The molecule has 2 unspecified atom stereocenters. The molecule has 0 radical (unpaired) electrons. The van der Waals surface area contributed by atoms with Crippen LogP contribution >= 0.6 is 0 Å². The summed E-state index contributed by atoms with van der Waals surface area (Å²) in [6, 6.07) is 1.58. The molecule has 2 atom stereocenters. The summed E-state index contributed by atoms with van der Waals surface area (Å²) in [5.74, 6) is 0. The fourth-order valence-electron chi connectivity index (χ4n) is 2.99. The highest BCUT2D eigenvalue weighted by Crippen LogP contribution is 2.16. The van der Waals surface area contributed by atoms with E-state index in [2.05, 4.69) is 31.0 Å². The maximum absolute atomic E-state index is 3.64. The lowest BCUT2D eigenvalue weighted by Crippen LogP contribution is -2.43. The van der Waals surface area contributed by atoms with Gasteiger partial charge in [-0.2, -0.15) is 0 Å². The van der Waals surface area contributed by atoms with E-state index in [1.807, 2.05) is 0 Å². The van der Waals surface area contributed by atoms with E-state index in [4.69, 9.17) is 0 Å². The van der Waals surface area contributed by atoms with Gasteiger partial charge in [-0.15, -0.1) is 0 Å². The Balaban J connectivity index is 2.42.